The zero-order valence-electron chi connectivity index (χ0n) is 15.0. The first kappa shape index (κ1) is 18.2. The Kier molecular flexibility index (Phi) is 5.06. The molecule has 23 heavy (non-hydrogen) atoms. The molecule has 1 fully saturated rings. The summed E-state index contributed by atoms with van der Waals surface area (Å²) in [5, 5.41) is 0.138. The fourth-order valence-electron chi connectivity index (χ4n) is 2.93. The molecule has 0 spiro atoms. The Morgan fingerprint density at radius 1 is 1.39 bits per heavy atom. The van der Waals surface area contributed by atoms with Crippen LogP contribution in [0.1, 0.15) is 27.2 Å². The van der Waals surface area contributed by atoms with Crippen molar-refractivity contribution in [3.8, 4) is 0 Å². The van der Waals surface area contributed by atoms with Crippen molar-refractivity contribution in [2.75, 3.05) is 20.3 Å². The van der Waals surface area contributed by atoms with Gasteiger partial charge in [0.25, 0.3) is 0 Å². The van der Waals surface area contributed by atoms with Crippen LogP contribution in [0.15, 0.2) is 11.6 Å². The van der Waals surface area contributed by atoms with Crippen LogP contribution in [0, 0.1) is 17.8 Å². The quantitative estimate of drug-likeness (QED) is 0.447. The van der Waals surface area contributed by atoms with Crippen LogP contribution in [0.4, 0.5) is 0 Å². The summed E-state index contributed by atoms with van der Waals surface area (Å²) in [5.74, 6) is -1.52. The summed E-state index contributed by atoms with van der Waals surface area (Å²) < 4.78 is 16.3. The maximum absolute atomic E-state index is 12.1. The Balaban J connectivity index is 2.13. The summed E-state index contributed by atoms with van der Waals surface area (Å²) >= 11 is 0. The van der Waals surface area contributed by atoms with E-state index in [1.165, 1.54) is 7.11 Å². The number of carbonyl (C=O) groups is 2. The third-order valence-corrected chi connectivity index (χ3v) is 9.92. The highest BCUT2D eigenvalue weighted by Gasteiger charge is 2.48. The van der Waals surface area contributed by atoms with Crippen molar-refractivity contribution in [3.63, 3.8) is 0 Å². The zero-order valence-corrected chi connectivity index (χ0v) is 16.0. The topological polar surface area (TPSA) is 61.8 Å². The Labute approximate surface area is 139 Å². The van der Waals surface area contributed by atoms with Crippen LogP contribution in [0.5, 0.6) is 0 Å². The number of hydrogen-bond donors (Lipinski definition) is 0. The van der Waals surface area contributed by atoms with Gasteiger partial charge in [-0.25, -0.2) is 0 Å². The van der Waals surface area contributed by atoms with E-state index in [9.17, 15) is 9.59 Å². The van der Waals surface area contributed by atoms with Crippen LogP contribution in [0.25, 0.3) is 0 Å². The monoisotopic (exact) mass is 340 g/mol. The standard InChI is InChI=1S/C17H28O5Si/c1-17(2,3)23(5,6)22-9-11-7-12-10-21-16(19)14(12)13(8-11)15(18)20-4/h7,12-14H,8-10H2,1-6H3/t12-,13+,14+/m1/s1. The molecule has 0 aromatic carbocycles. The Morgan fingerprint density at radius 3 is 2.61 bits per heavy atom. The highest BCUT2D eigenvalue weighted by Crippen LogP contribution is 2.41. The molecule has 1 heterocycles. The average Bonchev–Trinajstić information content (AvgIpc) is 2.84. The number of fused-ring (bicyclic) bond motifs is 1. The maximum Gasteiger partial charge on any atom is 0.310 e. The first-order chi connectivity index (χ1) is 10.6. The number of ether oxygens (including phenoxy) is 2. The number of esters is 2. The van der Waals surface area contributed by atoms with Gasteiger partial charge in [-0.1, -0.05) is 26.8 Å². The molecule has 0 unspecified atom stereocenters. The van der Waals surface area contributed by atoms with E-state index in [1.807, 2.05) is 0 Å². The minimum atomic E-state index is -1.85. The summed E-state index contributed by atoms with van der Waals surface area (Å²) in [7, 11) is -0.486. The molecule has 0 N–H and O–H groups in total. The first-order valence-electron chi connectivity index (χ1n) is 8.15. The molecule has 2 aliphatic rings. The van der Waals surface area contributed by atoms with E-state index in [0.29, 0.717) is 19.6 Å². The lowest BCUT2D eigenvalue weighted by molar-refractivity contribution is -0.154. The van der Waals surface area contributed by atoms with E-state index in [0.717, 1.165) is 5.57 Å². The van der Waals surface area contributed by atoms with E-state index < -0.39 is 20.2 Å². The van der Waals surface area contributed by atoms with Gasteiger partial charge in [0.15, 0.2) is 8.32 Å². The molecule has 1 saturated heterocycles. The van der Waals surface area contributed by atoms with Gasteiger partial charge in [0, 0.05) is 5.92 Å². The molecule has 0 saturated carbocycles. The van der Waals surface area contributed by atoms with Crippen LogP contribution in [-0.4, -0.2) is 40.6 Å². The van der Waals surface area contributed by atoms with Crippen molar-refractivity contribution in [2.45, 2.75) is 45.3 Å². The van der Waals surface area contributed by atoms with Gasteiger partial charge in [-0.2, -0.15) is 0 Å². The summed E-state index contributed by atoms with van der Waals surface area (Å²) in [6, 6.07) is 0. The number of carbonyl (C=O) groups excluding carboxylic acids is 2. The SMILES string of the molecule is COC(=O)[C@H]1CC(CO[Si](C)(C)C(C)(C)C)=C[C@@H]2COC(=O)[C@@H]21. The van der Waals surface area contributed by atoms with Crippen molar-refractivity contribution in [1.82, 2.24) is 0 Å². The predicted molar refractivity (Wildman–Crippen MR) is 89.3 cm³/mol. The van der Waals surface area contributed by atoms with Crippen molar-refractivity contribution in [1.29, 1.82) is 0 Å². The van der Waals surface area contributed by atoms with Crippen LogP contribution in [0.3, 0.4) is 0 Å². The molecule has 3 atom stereocenters. The normalized spacial score (nSPS) is 28.0. The maximum atomic E-state index is 12.1. The second-order valence-electron chi connectivity index (χ2n) is 8.03. The molecular formula is C17H28O5Si. The van der Waals surface area contributed by atoms with Gasteiger partial charge in [0.05, 0.1) is 32.2 Å². The molecule has 6 heteroatoms. The fraction of sp³-hybridized carbons (Fsp3) is 0.765. The van der Waals surface area contributed by atoms with Crippen LogP contribution >= 0.6 is 0 Å². The highest BCUT2D eigenvalue weighted by molar-refractivity contribution is 6.74. The molecule has 0 amide bonds. The second-order valence-corrected chi connectivity index (χ2v) is 12.8. The van der Waals surface area contributed by atoms with Gasteiger partial charge >= 0.3 is 11.9 Å². The lowest BCUT2D eigenvalue weighted by Crippen LogP contribution is -2.42. The van der Waals surface area contributed by atoms with Gasteiger partial charge in [0.1, 0.15) is 0 Å². The van der Waals surface area contributed by atoms with Crippen molar-refractivity contribution >= 4 is 20.3 Å². The summed E-state index contributed by atoms with van der Waals surface area (Å²) in [6.45, 7) is 11.9. The van der Waals surface area contributed by atoms with E-state index >= 15 is 0 Å². The molecule has 5 nitrogen and oxygen atoms in total. The second kappa shape index (κ2) is 6.40. The summed E-state index contributed by atoms with van der Waals surface area (Å²) in [5.41, 5.74) is 1.07. The van der Waals surface area contributed by atoms with E-state index in [2.05, 4.69) is 39.9 Å². The van der Waals surface area contributed by atoms with Gasteiger partial charge in [0.2, 0.25) is 0 Å². The minimum Gasteiger partial charge on any atom is -0.469 e. The number of methoxy groups -OCH3 is 1. The summed E-state index contributed by atoms with van der Waals surface area (Å²) in [6.07, 6.45) is 2.58. The minimum absolute atomic E-state index is 0.0432. The largest absolute Gasteiger partial charge is 0.469 e. The Bertz CT molecular complexity index is 518. The van der Waals surface area contributed by atoms with Crippen molar-refractivity contribution < 1.29 is 23.5 Å². The van der Waals surface area contributed by atoms with Crippen molar-refractivity contribution in [3.05, 3.63) is 11.6 Å². The molecular weight excluding hydrogens is 312 g/mol. The van der Waals surface area contributed by atoms with Crippen molar-refractivity contribution in [2.24, 2.45) is 17.8 Å². The molecule has 130 valence electrons. The molecule has 1 aliphatic heterocycles. The Hall–Kier alpha value is -1.14. The molecule has 2 rings (SSSR count). The van der Waals surface area contributed by atoms with E-state index in [-0.39, 0.29) is 22.9 Å². The number of rotatable bonds is 4. The van der Waals surface area contributed by atoms with Gasteiger partial charge in [-0.3, -0.25) is 9.59 Å². The zero-order chi connectivity index (χ0) is 17.4. The molecule has 0 bridgehead atoms. The van der Waals surface area contributed by atoms with E-state index in [4.69, 9.17) is 13.9 Å². The van der Waals surface area contributed by atoms with Gasteiger partial charge in [-0.15, -0.1) is 0 Å². The molecule has 0 aromatic heterocycles. The smallest absolute Gasteiger partial charge is 0.310 e. The lowest BCUT2D eigenvalue weighted by atomic mass is 9.74. The lowest BCUT2D eigenvalue weighted by Gasteiger charge is -2.37. The first-order valence-corrected chi connectivity index (χ1v) is 11.1. The average molecular weight is 340 g/mol. The third kappa shape index (κ3) is 3.69. The number of cyclic esters (lactones) is 1. The molecule has 0 aromatic rings. The summed E-state index contributed by atoms with van der Waals surface area (Å²) in [4.78, 5) is 24.0. The van der Waals surface area contributed by atoms with Gasteiger partial charge < -0.3 is 13.9 Å². The third-order valence-electron chi connectivity index (χ3n) is 5.45. The van der Waals surface area contributed by atoms with Crippen LogP contribution in [0.2, 0.25) is 18.1 Å². The fourth-order valence-corrected chi connectivity index (χ4v) is 3.90. The highest BCUT2D eigenvalue weighted by atomic mass is 28.4. The molecule has 1 aliphatic carbocycles. The van der Waals surface area contributed by atoms with Crippen LogP contribution < -0.4 is 0 Å². The number of hydrogen-bond acceptors (Lipinski definition) is 5. The van der Waals surface area contributed by atoms with E-state index in [1.54, 1.807) is 0 Å². The van der Waals surface area contributed by atoms with Gasteiger partial charge in [-0.05, 0) is 30.1 Å². The molecule has 0 radical (unpaired) electrons. The predicted octanol–water partition coefficient (Wildman–Crippen LogP) is 2.92. The van der Waals surface area contributed by atoms with Crippen LogP contribution in [-0.2, 0) is 23.5 Å². The Morgan fingerprint density at radius 2 is 2.04 bits per heavy atom.